The number of carboxylic acid groups (broad SMARTS) is 1. The van der Waals surface area contributed by atoms with Gasteiger partial charge >= 0.3 is 5.97 Å². The number of fused-ring (bicyclic) bond motifs is 1. The number of aromatic amines is 1. The van der Waals surface area contributed by atoms with Crippen LogP contribution in [0.1, 0.15) is 43.5 Å². The van der Waals surface area contributed by atoms with Gasteiger partial charge in [-0.25, -0.2) is 0 Å². The van der Waals surface area contributed by atoms with Crippen LogP contribution in [0.25, 0.3) is 10.9 Å². The smallest absolute Gasteiger partial charge is 0.314 e. The van der Waals surface area contributed by atoms with E-state index in [9.17, 15) is 19.8 Å². The van der Waals surface area contributed by atoms with E-state index in [0.29, 0.717) is 30.9 Å². The number of rotatable bonds is 5. The molecule has 1 aromatic carbocycles. The number of aliphatic hydroxyl groups excluding tert-OH is 1. The van der Waals surface area contributed by atoms with Crippen LogP contribution in [-0.2, 0) is 4.79 Å². The summed E-state index contributed by atoms with van der Waals surface area (Å²) in [4.78, 5) is 29.7. The number of aliphatic carboxylic acids is 1. The first kappa shape index (κ1) is 18.5. The summed E-state index contributed by atoms with van der Waals surface area (Å²) in [5.41, 5.74) is 0.103. The molecular formula is C20H26N2O4. The number of hydrogen-bond acceptors (Lipinski definition) is 3. The van der Waals surface area contributed by atoms with Gasteiger partial charge in [0.15, 0.2) is 0 Å². The highest BCUT2D eigenvalue weighted by molar-refractivity contribution is 5.98. The van der Waals surface area contributed by atoms with Crippen molar-refractivity contribution >= 4 is 22.8 Å². The number of aliphatic hydroxyl groups is 1. The maximum Gasteiger partial charge on any atom is 0.314 e. The zero-order chi connectivity index (χ0) is 18.9. The molecular weight excluding hydrogens is 332 g/mol. The maximum absolute atomic E-state index is 13.0. The van der Waals surface area contributed by atoms with E-state index >= 15 is 0 Å². The Labute approximate surface area is 152 Å². The molecule has 1 aromatic heterocycles. The average Bonchev–Trinajstić information content (AvgIpc) is 3.08. The second kappa shape index (κ2) is 7.11. The number of likely N-dealkylation sites (tertiary alicyclic amines) is 1. The second-order valence-electron chi connectivity index (χ2n) is 7.70. The Balaban J connectivity index is 1.85. The number of carboxylic acids is 1. The van der Waals surface area contributed by atoms with Crippen molar-refractivity contribution in [1.82, 2.24) is 9.88 Å². The quantitative estimate of drug-likeness (QED) is 0.766. The van der Waals surface area contributed by atoms with Crippen LogP contribution in [0, 0.1) is 11.3 Å². The molecule has 1 fully saturated rings. The molecule has 1 amide bonds. The average molecular weight is 358 g/mol. The fourth-order valence-corrected chi connectivity index (χ4v) is 3.73. The van der Waals surface area contributed by atoms with Gasteiger partial charge in [-0.05, 0) is 48.8 Å². The lowest BCUT2D eigenvalue weighted by Gasteiger charge is -2.43. The summed E-state index contributed by atoms with van der Waals surface area (Å²) in [6.07, 6.45) is 2.22. The summed E-state index contributed by atoms with van der Waals surface area (Å²) >= 11 is 0. The molecule has 0 unspecified atom stereocenters. The molecule has 6 nitrogen and oxygen atoms in total. The van der Waals surface area contributed by atoms with Crippen molar-refractivity contribution in [3.05, 3.63) is 36.0 Å². The van der Waals surface area contributed by atoms with Crippen molar-refractivity contribution < 1.29 is 19.8 Å². The molecule has 0 radical (unpaired) electrons. The summed E-state index contributed by atoms with van der Waals surface area (Å²) in [7, 11) is 0. The Morgan fingerprint density at radius 1 is 1.35 bits per heavy atom. The van der Waals surface area contributed by atoms with Crippen LogP contribution in [0.4, 0.5) is 0 Å². The Hall–Kier alpha value is -2.34. The van der Waals surface area contributed by atoms with E-state index in [2.05, 4.69) is 4.98 Å². The van der Waals surface area contributed by atoms with Gasteiger partial charge in [0.05, 0.1) is 6.10 Å². The van der Waals surface area contributed by atoms with Crippen LogP contribution in [0.3, 0.4) is 0 Å². The number of carbonyl (C=O) groups excluding carboxylic acids is 1. The van der Waals surface area contributed by atoms with Crippen LogP contribution in [-0.4, -0.2) is 51.2 Å². The first-order chi connectivity index (χ1) is 12.3. The molecule has 2 heterocycles. The predicted octanol–water partition coefficient (Wildman–Crippen LogP) is 2.88. The minimum Gasteiger partial charge on any atom is -0.481 e. The number of piperidine rings is 1. The van der Waals surface area contributed by atoms with E-state index in [4.69, 9.17) is 0 Å². The number of amides is 1. The van der Waals surface area contributed by atoms with Gasteiger partial charge in [-0.1, -0.05) is 19.9 Å². The van der Waals surface area contributed by atoms with Gasteiger partial charge < -0.3 is 20.1 Å². The van der Waals surface area contributed by atoms with Crippen molar-refractivity contribution in [2.24, 2.45) is 11.3 Å². The van der Waals surface area contributed by atoms with Gasteiger partial charge in [0.25, 0.3) is 5.91 Å². The molecule has 140 valence electrons. The van der Waals surface area contributed by atoms with Crippen molar-refractivity contribution in [2.75, 3.05) is 13.1 Å². The van der Waals surface area contributed by atoms with Crippen LogP contribution in [0.5, 0.6) is 0 Å². The first-order valence-electron chi connectivity index (χ1n) is 9.11. The summed E-state index contributed by atoms with van der Waals surface area (Å²) in [6, 6.07) is 7.36. The minimum atomic E-state index is -1.30. The SMILES string of the molecule is CC(C)CC[C@@]1(C(=O)O)CN(C(=O)c2ccc3cc[nH]c3c2)CC[C@@H]1O. The van der Waals surface area contributed by atoms with Gasteiger partial charge in [-0.15, -0.1) is 0 Å². The van der Waals surface area contributed by atoms with E-state index in [1.807, 2.05) is 32.2 Å². The fraction of sp³-hybridized carbons (Fsp3) is 0.500. The molecule has 2 aromatic rings. The van der Waals surface area contributed by atoms with E-state index in [0.717, 1.165) is 10.9 Å². The number of benzene rings is 1. The van der Waals surface area contributed by atoms with E-state index in [1.165, 1.54) is 0 Å². The van der Waals surface area contributed by atoms with Crippen LogP contribution in [0.15, 0.2) is 30.5 Å². The molecule has 0 saturated carbocycles. The highest BCUT2D eigenvalue weighted by Gasteiger charge is 2.49. The van der Waals surface area contributed by atoms with Crippen LogP contribution < -0.4 is 0 Å². The van der Waals surface area contributed by atoms with E-state index < -0.39 is 17.5 Å². The lowest BCUT2D eigenvalue weighted by molar-refractivity contribution is -0.163. The first-order valence-corrected chi connectivity index (χ1v) is 9.11. The molecule has 3 N–H and O–H groups in total. The number of hydrogen-bond donors (Lipinski definition) is 3. The zero-order valence-electron chi connectivity index (χ0n) is 15.2. The fourth-order valence-electron chi connectivity index (χ4n) is 3.73. The highest BCUT2D eigenvalue weighted by Crippen LogP contribution is 2.37. The van der Waals surface area contributed by atoms with Crippen molar-refractivity contribution in [3.63, 3.8) is 0 Å². The topological polar surface area (TPSA) is 93.6 Å². The number of nitrogens with one attached hydrogen (secondary N) is 1. The molecule has 2 atom stereocenters. The lowest BCUT2D eigenvalue weighted by atomic mass is 9.72. The standard InChI is InChI=1S/C20H26N2O4/c1-13(2)5-8-20(19(25)26)12-22(10-7-17(20)23)18(24)15-4-3-14-6-9-21-16(14)11-15/h3-4,6,9,11,13,17,21,23H,5,7-8,10,12H2,1-2H3,(H,25,26)/t17-,20+/m0/s1. The summed E-state index contributed by atoms with van der Waals surface area (Å²) in [5, 5.41) is 21.3. The molecule has 0 aliphatic carbocycles. The predicted molar refractivity (Wildman–Crippen MR) is 99.0 cm³/mol. The van der Waals surface area contributed by atoms with Gasteiger partial charge in [-0.2, -0.15) is 0 Å². The summed E-state index contributed by atoms with van der Waals surface area (Å²) in [6.45, 7) is 4.45. The van der Waals surface area contributed by atoms with E-state index in [1.54, 1.807) is 17.0 Å². The number of aromatic nitrogens is 1. The Kier molecular flexibility index (Phi) is 5.05. The minimum absolute atomic E-state index is 0.0395. The zero-order valence-corrected chi connectivity index (χ0v) is 15.2. The van der Waals surface area contributed by atoms with Gasteiger partial charge in [0.1, 0.15) is 5.41 Å². The normalized spacial score (nSPS) is 23.5. The largest absolute Gasteiger partial charge is 0.481 e. The van der Waals surface area contributed by atoms with Crippen molar-refractivity contribution in [2.45, 2.75) is 39.2 Å². The number of H-pyrrole nitrogens is 1. The third-order valence-corrected chi connectivity index (χ3v) is 5.47. The van der Waals surface area contributed by atoms with Crippen LogP contribution >= 0.6 is 0 Å². The molecule has 1 aliphatic rings. The third kappa shape index (κ3) is 3.33. The van der Waals surface area contributed by atoms with Gasteiger partial charge in [0.2, 0.25) is 0 Å². The third-order valence-electron chi connectivity index (χ3n) is 5.47. The monoisotopic (exact) mass is 358 g/mol. The Morgan fingerprint density at radius 2 is 2.12 bits per heavy atom. The van der Waals surface area contributed by atoms with Crippen LogP contribution in [0.2, 0.25) is 0 Å². The van der Waals surface area contributed by atoms with E-state index in [-0.39, 0.29) is 18.9 Å². The molecule has 0 spiro atoms. The molecule has 1 saturated heterocycles. The van der Waals surface area contributed by atoms with Crippen molar-refractivity contribution in [3.8, 4) is 0 Å². The lowest BCUT2D eigenvalue weighted by Crippen LogP contribution is -2.57. The maximum atomic E-state index is 13.0. The summed E-state index contributed by atoms with van der Waals surface area (Å²) < 4.78 is 0. The summed E-state index contributed by atoms with van der Waals surface area (Å²) in [5.74, 6) is -0.883. The van der Waals surface area contributed by atoms with Gasteiger partial charge in [-0.3, -0.25) is 9.59 Å². The number of carbonyl (C=O) groups is 2. The van der Waals surface area contributed by atoms with Crippen molar-refractivity contribution in [1.29, 1.82) is 0 Å². The van der Waals surface area contributed by atoms with Gasteiger partial charge in [0, 0.05) is 30.4 Å². The Bertz CT molecular complexity index is 813. The molecule has 0 bridgehead atoms. The molecule has 1 aliphatic heterocycles. The molecule has 3 rings (SSSR count). The number of nitrogens with zero attached hydrogens (tertiary/aromatic N) is 1. The Morgan fingerprint density at radius 3 is 2.81 bits per heavy atom. The molecule has 6 heteroatoms. The highest BCUT2D eigenvalue weighted by atomic mass is 16.4. The second-order valence-corrected chi connectivity index (χ2v) is 7.70. The molecule has 26 heavy (non-hydrogen) atoms.